The number of carbonyl (C=O) groups is 3. The Kier molecular flexibility index (Phi) is 5.48. The first-order chi connectivity index (χ1) is 14.9. The van der Waals surface area contributed by atoms with Gasteiger partial charge in [0.05, 0.1) is 17.7 Å². The van der Waals surface area contributed by atoms with Crippen molar-refractivity contribution in [2.75, 3.05) is 10.6 Å². The molecule has 9 heteroatoms. The Balaban J connectivity index is 1.39. The van der Waals surface area contributed by atoms with E-state index in [1.807, 2.05) is 13.8 Å². The third-order valence-electron chi connectivity index (χ3n) is 4.92. The van der Waals surface area contributed by atoms with Crippen LogP contribution in [0.25, 0.3) is 11.4 Å². The normalized spacial score (nSPS) is 15.6. The second-order valence-corrected chi connectivity index (χ2v) is 7.59. The van der Waals surface area contributed by atoms with Gasteiger partial charge >= 0.3 is 0 Å². The van der Waals surface area contributed by atoms with Gasteiger partial charge in [0.1, 0.15) is 11.9 Å². The van der Waals surface area contributed by atoms with Gasteiger partial charge in [0.2, 0.25) is 11.8 Å². The average Bonchev–Trinajstić information content (AvgIpc) is 3.20. The molecule has 2 heterocycles. The summed E-state index contributed by atoms with van der Waals surface area (Å²) in [6.45, 7) is 4.05. The molecule has 3 aromatic rings. The van der Waals surface area contributed by atoms with E-state index in [0.717, 1.165) is 11.4 Å². The number of benzene rings is 2. The molecule has 1 unspecified atom stereocenters. The smallest absolute Gasteiger partial charge is 0.254 e. The zero-order valence-electron chi connectivity index (χ0n) is 17.1. The van der Waals surface area contributed by atoms with Crippen molar-refractivity contribution in [3.8, 4) is 11.4 Å². The molecule has 3 amide bonds. The van der Waals surface area contributed by atoms with Crippen molar-refractivity contribution in [2.45, 2.75) is 32.2 Å². The maximum absolute atomic E-state index is 12.5. The number of rotatable bonds is 5. The van der Waals surface area contributed by atoms with Gasteiger partial charge in [-0.2, -0.15) is 5.10 Å². The fourth-order valence-electron chi connectivity index (χ4n) is 3.22. The number of nitrogens with one attached hydrogen (secondary N) is 4. The number of H-pyrrole nitrogens is 1. The zero-order valence-corrected chi connectivity index (χ0v) is 17.1. The second-order valence-electron chi connectivity index (χ2n) is 7.59. The number of anilines is 2. The third kappa shape index (κ3) is 4.45. The highest BCUT2D eigenvalue weighted by molar-refractivity contribution is 6.11. The standard InChI is InChI=1S/C22H22N6O3/c1-12(2)19-26-20(28-27-19)13-7-9-14(10-8-13)23-18(29)11-17-22(31)24-16-6-4-3-5-15(16)21(30)25-17/h3-10,12,17H,11H2,1-2H3,(H,23,29)(H,24,31)(H,25,30)(H,26,27,28). The van der Waals surface area contributed by atoms with Gasteiger partial charge in [-0.05, 0) is 36.4 Å². The van der Waals surface area contributed by atoms with E-state index in [1.54, 1.807) is 48.5 Å². The minimum absolute atomic E-state index is 0.189. The van der Waals surface area contributed by atoms with Crippen LogP contribution in [0.15, 0.2) is 48.5 Å². The maximum atomic E-state index is 12.5. The minimum atomic E-state index is -0.970. The van der Waals surface area contributed by atoms with Crippen molar-refractivity contribution in [3.63, 3.8) is 0 Å². The molecule has 2 aromatic carbocycles. The third-order valence-corrected chi connectivity index (χ3v) is 4.92. The largest absolute Gasteiger partial charge is 0.340 e. The van der Waals surface area contributed by atoms with Crippen LogP contribution in [0, 0.1) is 0 Å². The number of amides is 3. The lowest BCUT2D eigenvalue weighted by Gasteiger charge is -2.14. The molecular formula is C22H22N6O3. The molecule has 1 aliphatic rings. The number of hydrogen-bond acceptors (Lipinski definition) is 5. The van der Waals surface area contributed by atoms with Gasteiger partial charge in [0.15, 0.2) is 5.82 Å². The molecule has 0 spiro atoms. The fraction of sp³-hybridized carbons (Fsp3) is 0.227. The topological polar surface area (TPSA) is 129 Å². The summed E-state index contributed by atoms with van der Waals surface area (Å²) in [7, 11) is 0. The Labute approximate surface area is 178 Å². The zero-order chi connectivity index (χ0) is 22.0. The number of carbonyl (C=O) groups excluding carboxylic acids is 3. The summed E-state index contributed by atoms with van der Waals surface area (Å²) in [5.41, 5.74) is 2.17. The molecule has 1 aliphatic heterocycles. The van der Waals surface area contributed by atoms with Crippen LogP contribution >= 0.6 is 0 Å². The van der Waals surface area contributed by atoms with E-state index >= 15 is 0 Å². The fourth-order valence-corrected chi connectivity index (χ4v) is 3.22. The maximum Gasteiger partial charge on any atom is 0.254 e. The van der Waals surface area contributed by atoms with Crippen molar-refractivity contribution >= 4 is 29.1 Å². The van der Waals surface area contributed by atoms with Crippen LogP contribution in [0.3, 0.4) is 0 Å². The molecule has 31 heavy (non-hydrogen) atoms. The Morgan fingerprint density at radius 1 is 1.10 bits per heavy atom. The predicted molar refractivity (Wildman–Crippen MR) is 115 cm³/mol. The first-order valence-electron chi connectivity index (χ1n) is 9.94. The number of fused-ring (bicyclic) bond motifs is 1. The summed E-state index contributed by atoms with van der Waals surface area (Å²) in [5.74, 6) is 0.406. The van der Waals surface area contributed by atoms with E-state index in [4.69, 9.17) is 0 Å². The molecule has 0 radical (unpaired) electrons. The molecule has 0 bridgehead atoms. The first kappa shape index (κ1) is 20.3. The van der Waals surface area contributed by atoms with Crippen molar-refractivity contribution in [1.29, 1.82) is 0 Å². The molecule has 158 valence electrons. The predicted octanol–water partition coefficient (Wildman–Crippen LogP) is 2.67. The lowest BCUT2D eigenvalue weighted by molar-refractivity contribution is -0.122. The summed E-state index contributed by atoms with van der Waals surface area (Å²) in [6, 6.07) is 12.8. The molecular weight excluding hydrogens is 396 g/mol. The molecule has 0 saturated carbocycles. The molecule has 4 N–H and O–H groups in total. The molecule has 0 aliphatic carbocycles. The van der Waals surface area contributed by atoms with Crippen molar-refractivity contribution in [1.82, 2.24) is 20.5 Å². The summed E-state index contributed by atoms with van der Waals surface area (Å²) >= 11 is 0. The highest BCUT2D eigenvalue weighted by Gasteiger charge is 2.29. The van der Waals surface area contributed by atoms with Gasteiger partial charge in [-0.15, -0.1) is 0 Å². The van der Waals surface area contributed by atoms with Gasteiger partial charge in [0.25, 0.3) is 5.91 Å². The Hall–Kier alpha value is -4.01. The summed E-state index contributed by atoms with van der Waals surface area (Å²) in [5, 5.41) is 15.2. The molecule has 4 rings (SSSR count). The number of hydrogen-bond donors (Lipinski definition) is 4. The Morgan fingerprint density at radius 3 is 2.55 bits per heavy atom. The van der Waals surface area contributed by atoms with Gasteiger partial charge in [0, 0.05) is 17.2 Å². The van der Waals surface area contributed by atoms with E-state index in [0.29, 0.717) is 22.8 Å². The molecule has 1 atom stereocenters. The van der Waals surface area contributed by atoms with Crippen LogP contribution in [0.1, 0.15) is 42.4 Å². The highest BCUT2D eigenvalue weighted by Crippen LogP contribution is 2.21. The van der Waals surface area contributed by atoms with Gasteiger partial charge < -0.3 is 16.0 Å². The first-order valence-corrected chi connectivity index (χ1v) is 9.94. The van der Waals surface area contributed by atoms with Gasteiger partial charge in [-0.3, -0.25) is 19.5 Å². The lowest BCUT2D eigenvalue weighted by Crippen LogP contribution is -2.43. The average molecular weight is 418 g/mol. The summed E-state index contributed by atoms with van der Waals surface area (Å²) < 4.78 is 0. The molecule has 9 nitrogen and oxygen atoms in total. The van der Waals surface area contributed by atoms with E-state index < -0.39 is 17.9 Å². The van der Waals surface area contributed by atoms with E-state index in [1.165, 1.54) is 0 Å². The Bertz CT molecular complexity index is 1140. The SMILES string of the molecule is CC(C)c1nc(-c2ccc(NC(=O)CC3NC(=O)c4ccccc4NC3=O)cc2)n[nH]1. The van der Waals surface area contributed by atoms with Crippen molar-refractivity contribution in [2.24, 2.45) is 0 Å². The van der Waals surface area contributed by atoms with Crippen LogP contribution in [0.2, 0.25) is 0 Å². The minimum Gasteiger partial charge on any atom is -0.340 e. The van der Waals surface area contributed by atoms with Crippen molar-refractivity contribution < 1.29 is 14.4 Å². The van der Waals surface area contributed by atoms with Crippen LogP contribution in [0.4, 0.5) is 11.4 Å². The second kappa shape index (κ2) is 8.39. The van der Waals surface area contributed by atoms with Gasteiger partial charge in [-0.1, -0.05) is 26.0 Å². The van der Waals surface area contributed by atoms with Crippen molar-refractivity contribution in [3.05, 3.63) is 59.9 Å². The number of nitrogens with zero attached hydrogens (tertiary/aromatic N) is 2. The number of aromatic amines is 1. The molecule has 0 fully saturated rings. The monoisotopic (exact) mass is 418 g/mol. The summed E-state index contributed by atoms with van der Waals surface area (Å²) in [6.07, 6.45) is -0.189. The van der Waals surface area contributed by atoms with Crippen LogP contribution in [-0.4, -0.2) is 38.9 Å². The Morgan fingerprint density at radius 2 is 1.84 bits per heavy atom. The highest BCUT2D eigenvalue weighted by atomic mass is 16.2. The van der Waals surface area contributed by atoms with Crippen LogP contribution < -0.4 is 16.0 Å². The van der Waals surface area contributed by atoms with E-state index in [2.05, 4.69) is 31.1 Å². The van der Waals surface area contributed by atoms with Gasteiger partial charge in [-0.25, -0.2) is 4.98 Å². The van der Waals surface area contributed by atoms with E-state index in [9.17, 15) is 14.4 Å². The van der Waals surface area contributed by atoms with Crippen LogP contribution in [0.5, 0.6) is 0 Å². The lowest BCUT2D eigenvalue weighted by atomic mass is 10.1. The number of aromatic nitrogens is 3. The number of para-hydroxylation sites is 1. The molecule has 0 saturated heterocycles. The molecule has 1 aromatic heterocycles. The van der Waals surface area contributed by atoms with Crippen LogP contribution in [-0.2, 0) is 9.59 Å². The quantitative estimate of drug-likeness (QED) is 0.506. The van der Waals surface area contributed by atoms with E-state index in [-0.39, 0.29) is 18.2 Å². The summed E-state index contributed by atoms with van der Waals surface area (Å²) in [4.78, 5) is 41.7.